The van der Waals surface area contributed by atoms with Gasteiger partial charge in [0, 0.05) is 16.5 Å². The number of hydrogen-bond donors (Lipinski definition) is 0. The van der Waals surface area contributed by atoms with Crippen molar-refractivity contribution in [3.05, 3.63) is 74.2 Å². The number of nitrogens with zero attached hydrogens (tertiary/aromatic N) is 1. The molecule has 26 heavy (non-hydrogen) atoms. The van der Waals surface area contributed by atoms with E-state index in [0.717, 1.165) is 10.8 Å². The van der Waals surface area contributed by atoms with Crippen molar-refractivity contribution < 1.29 is 14.3 Å². The summed E-state index contributed by atoms with van der Waals surface area (Å²) in [7, 11) is 0. The fraction of sp³-hybridized carbons (Fsp3) is 0.158. The summed E-state index contributed by atoms with van der Waals surface area (Å²) in [4.78, 5) is 16.5. The predicted molar refractivity (Wildman–Crippen MR) is 103 cm³/mol. The Morgan fingerprint density at radius 3 is 2.69 bits per heavy atom. The van der Waals surface area contributed by atoms with Gasteiger partial charge in [-0.15, -0.1) is 11.3 Å². The van der Waals surface area contributed by atoms with E-state index in [4.69, 9.17) is 32.7 Å². The fourth-order valence-electron chi connectivity index (χ4n) is 2.14. The summed E-state index contributed by atoms with van der Waals surface area (Å²) in [6, 6.07) is 12.5. The van der Waals surface area contributed by atoms with Crippen LogP contribution in [-0.2, 0) is 17.8 Å². The van der Waals surface area contributed by atoms with Gasteiger partial charge < -0.3 is 9.47 Å². The highest BCUT2D eigenvalue weighted by Crippen LogP contribution is 2.28. The molecule has 0 unspecified atom stereocenters. The molecule has 0 radical (unpaired) electrons. The maximum absolute atomic E-state index is 12.1. The highest BCUT2D eigenvalue weighted by Gasteiger charge is 2.13. The number of halogens is 2. The van der Waals surface area contributed by atoms with Crippen LogP contribution in [0.1, 0.15) is 16.3 Å². The molecule has 2 aromatic carbocycles. The van der Waals surface area contributed by atoms with E-state index in [1.165, 1.54) is 23.0 Å². The molecular formula is C19H15Cl2NO3S. The van der Waals surface area contributed by atoms with Gasteiger partial charge in [-0.3, -0.25) is 4.79 Å². The molecule has 0 saturated heterocycles. The third kappa shape index (κ3) is 5.21. The van der Waals surface area contributed by atoms with Crippen LogP contribution in [0.15, 0.2) is 47.8 Å². The number of carbonyl (C=O) groups is 1. The number of hydrogen-bond acceptors (Lipinski definition) is 5. The standard InChI is InChI=1S/C19H15Cl2NO3S/c1-12-2-5-15(6-3-12)24-10-18-22-14(11-26-18)9-19(23)25-17-8-13(20)4-7-16(17)21/h2-8,11H,9-10H2,1H3. The zero-order valence-electron chi connectivity index (χ0n) is 13.9. The average molecular weight is 408 g/mol. The molecule has 0 fully saturated rings. The summed E-state index contributed by atoms with van der Waals surface area (Å²) < 4.78 is 10.9. The van der Waals surface area contributed by atoms with Crippen molar-refractivity contribution in [1.29, 1.82) is 0 Å². The minimum Gasteiger partial charge on any atom is -0.486 e. The van der Waals surface area contributed by atoms with Crippen LogP contribution in [-0.4, -0.2) is 11.0 Å². The third-order valence-corrected chi connectivity index (χ3v) is 4.84. The Labute approximate surface area is 165 Å². The Bertz CT molecular complexity index is 909. The highest BCUT2D eigenvalue weighted by molar-refractivity contribution is 7.09. The van der Waals surface area contributed by atoms with Crippen LogP contribution >= 0.6 is 34.5 Å². The summed E-state index contributed by atoms with van der Waals surface area (Å²) in [5, 5.41) is 3.37. The average Bonchev–Trinajstić information content (AvgIpc) is 3.05. The smallest absolute Gasteiger partial charge is 0.317 e. The van der Waals surface area contributed by atoms with E-state index in [-0.39, 0.29) is 12.2 Å². The molecule has 3 aromatic rings. The largest absolute Gasteiger partial charge is 0.486 e. The topological polar surface area (TPSA) is 48.4 Å². The monoisotopic (exact) mass is 407 g/mol. The van der Waals surface area contributed by atoms with Gasteiger partial charge in [0.2, 0.25) is 0 Å². The maximum atomic E-state index is 12.1. The molecule has 0 aliphatic carbocycles. The lowest BCUT2D eigenvalue weighted by Crippen LogP contribution is -2.12. The Hall–Kier alpha value is -2.08. The highest BCUT2D eigenvalue weighted by atomic mass is 35.5. The molecule has 0 aliphatic heterocycles. The van der Waals surface area contributed by atoms with E-state index in [1.54, 1.807) is 12.1 Å². The van der Waals surface area contributed by atoms with Crippen molar-refractivity contribution in [2.24, 2.45) is 0 Å². The molecule has 1 heterocycles. The molecule has 134 valence electrons. The van der Waals surface area contributed by atoms with Crippen LogP contribution in [0.25, 0.3) is 0 Å². The van der Waals surface area contributed by atoms with E-state index in [2.05, 4.69) is 4.98 Å². The van der Waals surface area contributed by atoms with Crippen LogP contribution in [0.2, 0.25) is 10.0 Å². The van der Waals surface area contributed by atoms with Crippen molar-refractivity contribution in [2.75, 3.05) is 0 Å². The van der Waals surface area contributed by atoms with Crippen LogP contribution in [0.5, 0.6) is 11.5 Å². The molecule has 0 atom stereocenters. The van der Waals surface area contributed by atoms with Crippen molar-refractivity contribution >= 4 is 40.5 Å². The summed E-state index contributed by atoms with van der Waals surface area (Å²) in [5.41, 5.74) is 1.80. The number of benzene rings is 2. The molecule has 1 aromatic heterocycles. The normalized spacial score (nSPS) is 10.6. The zero-order valence-corrected chi connectivity index (χ0v) is 16.2. The van der Waals surface area contributed by atoms with Crippen molar-refractivity contribution in [1.82, 2.24) is 4.98 Å². The zero-order chi connectivity index (χ0) is 18.5. The molecule has 4 nitrogen and oxygen atoms in total. The van der Waals surface area contributed by atoms with Crippen LogP contribution in [0, 0.1) is 6.92 Å². The predicted octanol–water partition coefficient (Wildman–Crippen LogP) is 5.49. The van der Waals surface area contributed by atoms with Gasteiger partial charge in [0.05, 0.1) is 17.1 Å². The molecule has 0 aliphatic rings. The number of ether oxygens (including phenoxy) is 2. The number of aromatic nitrogens is 1. The maximum Gasteiger partial charge on any atom is 0.317 e. The molecule has 0 amide bonds. The van der Waals surface area contributed by atoms with Gasteiger partial charge in [0.1, 0.15) is 17.4 Å². The third-order valence-electron chi connectivity index (χ3n) is 3.43. The van der Waals surface area contributed by atoms with Gasteiger partial charge in [-0.25, -0.2) is 4.98 Å². The van der Waals surface area contributed by atoms with E-state index in [0.29, 0.717) is 22.3 Å². The van der Waals surface area contributed by atoms with Gasteiger partial charge in [0.25, 0.3) is 0 Å². The SMILES string of the molecule is Cc1ccc(OCc2nc(CC(=O)Oc3cc(Cl)ccc3Cl)cs2)cc1. The number of aryl methyl sites for hydroxylation is 1. The van der Waals surface area contributed by atoms with Crippen LogP contribution in [0.4, 0.5) is 0 Å². The van der Waals surface area contributed by atoms with Crippen molar-refractivity contribution in [3.63, 3.8) is 0 Å². The Balaban J connectivity index is 1.55. The Morgan fingerprint density at radius 2 is 1.92 bits per heavy atom. The lowest BCUT2D eigenvalue weighted by atomic mass is 10.2. The van der Waals surface area contributed by atoms with Gasteiger partial charge in [-0.05, 0) is 31.2 Å². The first-order valence-corrected chi connectivity index (χ1v) is 9.41. The molecule has 0 bridgehead atoms. The van der Waals surface area contributed by atoms with Crippen LogP contribution in [0.3, 0.4) is 0 Å². The second-order valence-electron chi connectivity index (χ2n) is 5.56. The van der Waals surface area contributed by atoms with Crippen molar-refractivity contribution in [2.45, 2.75) is 20.0 Å². The van der Waals surface area contributed by atoms with E-state index < -0.39 is 5.97 Å². The number of esters is 1. The fourth-order valence-corrected chi connectivity index (χ4v) is 3.16. The minimum absolute atomic E-state index is 0.0455. The first kappa shape index (κ1) is 18.7. The van der Waals surface area contributed by atoms with E-state index in [1.807, 2.05) is 36.6 Å². The lowest BCUT2D eigenvalue weighted by molar-refractivity contribution is -0.133. The van der Waals surface area contributed by atoms with Crippen LogP contribution < -0.4 is 9.47 Å². The second-order valence-corrected chi connectivity index (χ2v) is 7.35. The first-order chi connectivity index (χ1) is 12.5. The number of thiazole rings is 1. The summed E-state index contributed by atoms with van der Waals surface area (Å²) in [6.07, 6.45) is 0.0455. The molecule has 3 rings (SSSR count). The molecule has 0 spiro atoms. The van der Waals surface area contributed by atoms with E-state index in [9.17, 15) is 4.79 Å². The second kappa shape index (κ2) is 8.54. The van der Waals surface area contributed by atoms with Gasteiger partial charge >= 0.3 is 5.97 Å². The number of rotatable bonds is 6. The Kier molecular flexibility index (Phi) is 6.14. The molecule has 0 N–H and O–H groups in total. The van der Waals surface area contributed by atoms with Gasteiger partial charge in [-0.1, -0.05) is 40.9 Å². The van der Waals surface area contributed by atoms with Crippen molar-refractivity contribution in [3.8, 4) is 11.5 Å². The lowest BCUT2D eigenvalue weighted by Gasteiger charge is -2.05. The number of carbonyl (C=O) groups excluding carboxylic acids is 1. The van der Waals surface area contributed by atoms with Gasteiger partial charge in [-0.2, -0.15) is 0 Å². The Morgan fingerprint density at radius 1 is 1.15 bits per heavy atom. The first-order valence-electron chi connectivity index (χ1n) is 7.78. The minimum atomic E-state index is -0.453. The summed E-state index contributed by atoms with van der Waals surface area (Å²) >= 11 is 13.3. The summed E-state index contributed by atoms with van der Waals surface area (Å²) in [6.45, 7) is 2.37. The molecule has 0 saturated carbocycles. The van der Waals surface area contributed by atoms with E-state index >= 15 is 0 Å². The quantitative estimate of drug-likeness (QED) is 0.400. The molecule has 7 heteroatoms. The van der Waals surface area contributed by atoms with Gasteiger partial charge in [0.15, 0.2) is 5.75 Å². The summed E-state index contributed by atoms with van der Waals surface area (Å²) in [5.74, 6) is 0.565. The molecular weight excluding hydrogens is 393 g/mol.